The van der Waals surface area contributed by atoms with Gasteiger partial charge in [-0.05, 0) is 61.4 Å². The summed E-state index contributed by atoms with van der Waals surface area (Å²) in [6.45, 7) is 1.20. The van der Waals surface area contributed by atoms with Gasteiger partial charge >= 0.3 is 0 Å². The molecule has 7 heteroatoms. The fourth-order valence-corrected chi connectivity index (χ4v) is 5.24. The molecule has 1 amide bonds. The van der Waals surface area contributed by atoms with Gasteiger partial charge < -0.3 is 5.32 Å². The summed E-state index contributed by atoms with van der Waals surface area (Å²) in [7, 11) is -3.41. The number of hydrogen-bond donors (Lipinski definition) is 1. The number of piperidine rings is 1. The lowest BCUT2D eigenvalue weighted by Gasteiger charge is -2.25. The van der Waals surface area contributed by atoms with E-state index in [9.17, 15) is 13.2 Å². The normalized spacial score (nSPS) is 15.3. The van der Waals surface area contributed by atoms with E-state index in [1.165, 1.54) is 0 Å². The summed E-state index contributed by atoms with van der Waals surface area (Å²) < 4.78 is 26.9. The molecule has 0 aliphatic carbocycles. The summed E-state index contributed by atoms with van der Waals surface area (Å²) in [5, 5.41) is 2.91. The lowest BCUT2D eigenvalue weighted by molar-refractivity contribution is -0.116. The van der Waals surface area contributed by atoms with Gasteiger partial charge in [0.25, 0.3) is 0 Å². The first-order chi connectivity index (χ1) is 13.5. The third-order valence-electron chi connectivity index (χ3n) is 4.87. The number of amides is 1. The largest absolute Gasteiger partial charge is 0.326 e. The van der Waals surface area contributed by atoms with Crippen molar-refractivity contribution in [2.24, 2.45) is 0 Å². The second-order valence-electron chi connectivity index (χ2n) is 6.89. The summed E-state index contributed by atoms with van der Waals surface area (Å²) in [5.74, 6) is -0.0525. The Labute approximate surface area is 171 Å². The summed E-state index contributed by atoms with van der Waals surface area (Å²) in [6, 6.07) is 14.7. The van der Waals surface area contributed by atoms with Crippen LogP contribution in [0, 0.1) is 0 Å². The number of carbonyl (C=O) groups is 1. The molecule has 0 bridgehead atoms. The highest BCUT2D eigenvalue weighted by molar-refractivity contribution is 7.98. The number of carbonyl (C=O) groups excluding carboxylic acids is 1. The highest BCUT2D eigenvalue weighted by atomic mass is 32.2. The van der Waals surface area contributed by atoms with Crippen molar-refractivity contribution in [1.29, 1.82) is 0 Å². The Bertz CT molecular complexity index is 906. The SMILES string of the molecule is CSc1cccc(NC(=O)CCc2ccc(S(=O)(=O)N3CCCCC3)cc2)c1. The van der Waals surface area contributed by atoms with Crippen LogP contribution in [0.3, 0.4) is 0 Å². The van der Waals surface area contributed by atoms with Crippen molar-refractivity contribution in [3.05, 3.63) is 54.1 Å². The molecule has 1 N–H and O–H groups in total. The molecule has 1 aliphatic heterocycles. The monoisotopic (exact) mass is 418 g/mol. The first-order valence-corrected chi connectivity index (χ1v) is 12.2. The molecule has 2 aromatic rings. The van der Waals surface area contributed by atoms with Crippen molar-refractivity contribution < 1.29 is 13.2 Å². The molecule has 1 heterocycles. The molecule has 1 saturated heterocycles. The average Bonchev–Trinajstić information content (AvgIpc) is 2.73. The zero-order valence-corrected chi connectivity index (χ0v) is 17.7. The maximum Gasteiger partial charge on any atom is 0.243 e. The van der Waals surface area contributed by atoms with Crippen LogP contribution >= 0.6 is 11.8 Å². The fourth-order valence-electron chi connectivity index (χ4n) is 3.26. The molecule has 0 spiro atoms. The van der Waals surface area contributed by atoms with Gasteiger partial charge in [0, 0.05) is 30.1 Å². The number of hydrogen-bond acceptors (Lipinski definition) is 4. The first kappa shape index (κ1) is 20.9. The van der Waals surface area contributed by atoms with Crippen LogP contribution in [0.4, 0.5) is 5.69 Å². The van der Waals surface area contributed by atoms with Crippen LogP contribution < -0.4 is 5.32 Å². The van der Waals surface area contributed by atoms with E-state index in [0.717, 1.165) is 35.4 Å². The highest BCUT2D eigenvalue weighted by Crippen LogP contribution is 2.22. The topological polar surface area (TPSA) is 66.5 Å². The first-order valence-electron chi connectivity index (χ1n) is 9.52. The van der Waals surface area contributed by atoms with Crippen molar-refractivity contribution in [2.45, 2.75) is 41.9 Å². The molecule has 1 fully saturated rings. The lowest BCUT2D eigenvalue weighted by atomic mass is 10.1. The van der Waals surface area contributed by atoms with E-state index in [4.69, 9.17) is 0 Å². The Morgan fingerprint density at radius 1 is 1.07 bits per heavy atom. The number of rotatable bonds is 7. The van der Waals surface area contributed by atoms with Crippen LogP contribution in [0.1, 0.15) is 31.2 Å². The van der Waals surface area contributed by atoms with Gasteiger partial charge in [0.1, 0.15) is 0 Å². The quantitative estimate of drug-likeness (QED) is 0.686. The van der Waals surface area contributed by atoms with E-state index < -0.39 is 10.0 Å². The van der Waals surface area contributed by atoms with Gasteiger partial charge in [0.15, 0.2) is 0 Å². The molecule has 0 aromatic heterocycles. The molecular formula is C21H26N2O3S2. The summed E-state index contributed by atoms with van der Waals surface area (Å²) >= 11 is 1.63. The molecule has 5 nitrogen and oxygen atoms in total. The highest BCUT2D eigenvalue weighted by Gasteiger charge is 2.25. The standard InChI is InChI=1S/C21H26N2O3S2/c1-27-19-7-5-6-18(16-19)22-21(24)13-10-17-8-11-20(12-9-17)28(25,26)23-14-3-2-4-15-23/h5-9,11-12,16H,2-4,10,13-15H2,1H3,(H,22,24). The van der Waals surface area contributed by atoms with Crippen LogP contribution in [0.25, 0.3) is 0 Å². The number of benzene rings is 2. The maximum atomic E-state index is 12.7. The smallest absolute Gasteiger partial charge is 0.243 e. The Kier molecular flexibility index (Phi) is 7.15. The van der Waals surface area contributed by atoms with E-state index in [1.807, 2.05) is 30.5 Å². The summed E-state index contributed by atoms with van der Waals surface area (Å²) in [4.78, 5) is 13.6. The predicted octanol–water partition coefficient (Wildman–Crippen LogP) is 4.15. The van der Waals surface area contributed by atoms with E-state index in [0.29, 0.717) is 30.8 Å². The number of nitrogens with one attached hydrogen (secondary N) is 1. The Morgan fingerprint density at radius 3 is 2.46 bits per heavy atom. The van der Waals surface area contributed by atoms with Gasteiger partial charge in [0.2, 0.25) is 15.9 Å². The van der Waals surface area contributed by atoms with Gasteiger partial charge in [0.05, 0.1) is 4.90 Å². The maximum absolute atomic E-state index is 12.7. The van der Waals surface area contributed by atoms with Crippen LogP contribution in [0.5, 0.6) is 0 Å². The van der Waals surface area contributed by atoms with E-state index in [1.54, 1.807) is 40.3 Å². The van der Waals surface area contributed by atoms with Crippen LogP contribution in [-0.2, 0) is 21.2 Å². The number of aryl methyl sites for hydroxylation is 1. The minimum Gasteiger partial charge on any atom is -0.326 e. The third kappa shape index (κ3) is 5.37. The molecule has 0 radical (unpaired) electrons. The van der Waals surface area contributed by atoms with Crippen molar-refractivity contribution in [3.63, 3.8) is 0 Å². The van der Waals surface area contributed by atoms with Gasteiger partial charge in [-0.3, -0.25) is 4.79 Å². The third-order valence-corrected chi connectivity index (χ3v) is 7.51. The molecule has 3 rings (SSSR count). The lowest BCUT2D eigenvalue weighted by Crippen LogP contribution is -2.35. The van der Waals surface area contributed by atoms with Crippen LogP contribution in [-0.4, -0.2) is 38.0 Å². The summed E-state index contributed by atoms with van der Waals surface area (Å²) in [6.07, 6.45) is 5.85. The molecule has 0 saturated carbocycles. The van der Waals surface area contributed by atoms with Crippen molar-refractivity contribution >= 4 is 33.4 Å². The van der Waals surface area contributed by atoms with Gasteiger partial charge in [-0.25, -0.2) is 8.42 Å². The fraction of sp³-hybridized carbons (Fsp3) is 0.381. The summed E-state index contributed by atoms with van der Waals surface area (Å²) in [5.41, 5.74) is 1.74. The number of sulfonamides is 1. The molecule has 0 unspecified atom stereocenters. The molecule has 0 atom stereocenters. The minimum atomic E-state index is -3.41. The molecule has 150 valence electrons. The molecule has 1 aliphatic rings. The zero-order valence-electron chi connectivity index (χ0n) is 16.1. The van der Waals surface area contributed by atoms with Gasteiger partial charge in [-0.2, -0.15) is 4.31 Å². The van der Waals surface area contributed by atoms with E-state index >= 15 is 0 Å². The second kappa shape index (κ2) is 9.58. The van der Waals surface area contributed by atoms with Crippen LogP contribution in [0.15, 0.2) is 58.3 Å². The predicted molar refractivity (Wildman–Crippen MR) is 114 cm³/mol. The molecule has 28 heavy (non-hydrogen) atoms. The van der Waals surface area contributed by atoms with E-state index in [2.05, 4.69) is 5.32 Å². The Balaban J connectivity index is 1.56. The molecule has 2 aromatic carbocycles. The average molecular weight is 419 g/mol. The van der Waals surface area contributed by atoms with Gasteiger partial charge in [-0.1, -0.05) is 24.6 Å². The van der Waals surface area contributed by atoms with Crippen molar-refractivity contribution in [3.8, 4) is 0 Å². The Hall–Kier alpha value is -1.83. The zero-order chi connectivity index (χ0) is 20.0. The number of thioether (sulfide) groups is 1. The van der Waals surface area contributed by atoms with E-state index in [-0.39, 0.29) is 5.91 Å². The molecular weight excluding hydrogens is 392 g/mol. The van der Waals surface area contributed by atoms with Crippen LogP contribution in [0.2, 0.25) is 0 Å². The Morgan fingerprint density at radius 2 is 1.79 bits per heavy atom. The second-order valence-corrected chi connectivity index (χ2v) is 9.71. The van der Waals surface area contributed by atoms with Crippen molar-refractivity contribution in [2.75, 3.05) is 24.7 Å². The minimum absolute atomic E-state index is 0.0525. The number of anilines is 1. The van der Waals surface area contributed by atoms with Crippen molar-refractivity contribution in [1.82, 2.24) is 4.31 Å². The number of nitrogens with zero attached hydrogens (tertiary/aromatic N) is 1. The van der Waals surface area contributed by atoms with Gasteiger partial charge in [-0.15, -0.1) is 11.8 Å².